The number of amides is 1. The molecule has 14 heavy (non-hydrogen) atoms. The number of carbonyl (C=O) groups excluding carboxylic acids is 1. The first kappa shape index (κ1) is 9.06. The van der Waals surface area contributed by atoms with Crippen molar-refractivity contribution in [2.24, 2.45) is 5.73 Å². The summed E-state index contributed by atoms with van der Waals surface area (Å²) in [7, 11) is 0. The van der Waals surface area contributed by atoms with E-state index in [4.69, 9.17) is 5.73 Å². The monoisotopic (exact) mass is 190 g/mol. The second kappa shape index (κ2) is 3.70. The summed E-state index contributed by atoms with van der Waals surface area (Å²) in [6.07, 6.45) is 2.82. The van der Waals surface area contributed by atoms with Gasteiger partial charge in [-0.1, -0.05) is 12.1 Å². The van der Waals surface area contributed by atoms with E-state index >= 15 is 0 Å². The van der Waals surface area contributed by atoms with E-state index in [9.17, 15) is 4.79 Å². The van der Waals surface area contributed by atoms with Gasteiger partial charge in [0.1, 0.15) is 0 Å². The number of primary amides is 1. The Bertz CT molecular complexity index is 345. The van der Waals surface area contributed by atoms with E-state index in [2.05, 4.69) is 5.32 Å². The van der Waals surface area contributed by atoms with Gasteiger partial charge in [-0.25, -0.2) is 0 Å². The quantitative estimate of drug-likeness (QED) is 0.751. The summed E-state index contributed by atoms with van der Waals surface area (Å²) >= 11 is 0. The molecule has 1 amide bonds. The van der Waals surface area contributed by atoms with Gasteiger partial charge in [0.25, 0.3) is 0 Å². The van der Waals surface area contributed by atoms with Crippen molar-refractivity contribution in [3.05, 3.63) is 29.8 Å². The van der Waals surface area contributed by atoms with Gasteiger partial charge in [-0.3, -0.25) is 4.79 Å². The van der Waals surface area contributed by atoms with Crippen molar-refractivity contribution < 1.29 is 4.79 Å². The first-order valence-electron chi connectivity index (χ1n) is 4.88. The Labute approximate surface area is 83.3 Å². The van der Waals surface area contributed by atoms with Gasteiger partial charge in [0.05, 0.1) is 6.42 Å². The lowest BCUT2D eigenvalue weighted by atomic mass is 10.1. The Morgan fingerprint density at radius 3 is 2.93 bits per heavy atom. The summed E-state index contributed by atoms with van der Waals surface area (Å²) in [4.78, 5) is 10.7. The van der Waals surface area contributed by atoms with Crippen molar-refractivity contribution in [1.82, 2.24) is 0 Å². The first-order valence-corrected chi connectivity index (χ1v) is 4.88. The predicted octanol–water partition coefficient (Wildman–Crippen LogP) is 1.29. The van der Waals surface area contributed by atoms with Crippen molar-refractivity contribution in [3.8, 4) is 0 Å². The van der Waals surface area contributed by atoms with Crippen LogP contribution in [-0.4, -0.2) is 11.9 Å². The molecule has 0 aliphatic heterocycles. The summed E-state index contributed by atoms with van der Waals surface area (Å²) in [5.74, 6) is -0.284. The maximum absolute atomic E-state index is 10.7. The van der Waals surface area contributed by atoms with Gasteiger partial charge in [0, 0.05) is 11.7 Å². The van der Waals surface area contributed by atoms with E-state index in [0.29, 0.717) is 12.5 Å². The molecule has 0 bridgehead atoms. The van der Waals surface area contributed by atoms with Crippen LogP contribution in [-0.2, 0) is 11.2 Å². The first-order chi connectivity index (χ1) is 6.74. The summed E-state index contributed by atoms with van der Waals surface area (Å²) in [5.41, 5.74) is 7.19. The molecule has 0 heterocycles. The highest BCUT2D eigenvalue weighted by Gasteiger charge is 2.20. The molecule has 1 aromatic rings. The largest absolute Gasteiger partial charge is 0.382 e. The van der Waals surface area contributed by atoms with Crippen LogP contribution in [0.5, 0.6) is 0 Å². The van der Waals surface area contributed by atoms with E-state index in [1.54, 1.807) is 0 Å². The smallest absolute Gasteiger partial charge is 0.221 e. The van der Waals surface area contributed by atoms with E-state index in [0.717, 1.165) is 11.3 Å². The average Bonchev–Trinajstić information content (AvgIpc) is 2.87. The fourth-order valence-corrected chi connectivity index (χ4v) is 1.44. The van der Waals surface area contributed by atoms with Crippen molar-refractivity contribution in [2.45, 2.75) is 25.3 Å². The van der Waals surface area contributed by atoms with Crippen LogP contribution in [0.3, 0.4) is 0 Å². The lowest BCUT2D eigenvalue weighted by Crippen LogP contribution is -2.13. The molecule has 3 heteroatoms. The molecule has 1 aromatic carbocycles. The minimum atomic E-state index is -0.284. The molecule has 3 N–H and O–H groups in total. The Kier molecular flexibility index (Phi) is 2.39. The van der Waals surface area contributed by atoms with Crippen LogP contribution in [0.4, 0.5) is 5.69 Å². The van der Waals surface area contributed by atoms with Crippen LogP contribution in [0.15, 0.2) is 24.3 Å². The van der Waals surface area contributed by atoms with Crippen LogP contribution in [0.25, 0.3) is 0 Å². The Morgan fingerprint density at radius 2 is 2.29 bits per heavy atom. The average molecular weight is 190 g/mol. The molecule has 2 rings (SSSR count). The van der Waals surface area contributed by atoms with Gasteiger partial charge in [0.2, 0.25) is 5.91 Å². The molecule has 0 radical (unpaired) electrons. The highest BCUT2D eigenvalue weighted by molar-refractivity contribution is 5.77. The molecule has 0 unspecified atom stereocenters. The van der Waals surface area contributed by atoms with E-state index in [-0.39, 0.29) is 5.91 Å². The third-order valence-corrected chi connectivity index (χ3v) is 2.25. The third kappa shape index (κ3) is 2.49. The number of nitrogens with two attached hydrogens (primary N) is 1. The molecule has 0 aromatic heterocycles. The summed E-state index contributed by atoms with van der Waals surface area (Å²) in [6.45, 7) is 0. The number of anilines is 1. The van der Waals surface area contributed by atoms with Crippen molar-refractivity contribution in [3.63, 3.8) is 0 Å². The zero-order valence-corrected chi connectivity index (χ0v) is 7.99. The van der Waals surface area contributed by atoms with E-state index in [1.165, 1.54) is 12.8 Å². The van der Waals surface area contributed by atoms with Gasteiger partial charge in [-0.05, 0) is 30.5 Å². The maximum Gasteiger partial charge on any atom is 0.221 e. The topological polar surface area (TPSA) is 55.1 Å². The van der Waals surface area contributed by atoms with E-state index in [1.807, 2.05) is 24.3 Å². The minimum Gasteiger partial charge on any atom is -0.382 e. The molecule has 1 aliphatic carbocycles. The highest BCUT2D eigenvalue weighted by atomic mass is 16.1. The summed E-state index contributed by atoms with van der Waals surface area (Å²) in [5, 5.41) is 3.38. The van der Waals surface area contributed by atoms with Crippen LogP contribution in [0.1, 0.15) is 18.4 Å². The normalized spacial score (nSPS) is 15.1. The molecule has 1 aliphatic rings. The number of rotatable bonds is 4. The fourth-order valence-electron chi connectivity index (χ4n) is 1.44. The summed E-state index contributed by atoms with van der Waals surface area (Å²) in [6, 6.07) is 8.51. The molecular formula is C11H14N2O. The van der Waals surface area contributed by atoms with Gasteiger partial charge < -0.3 is 11.1 Å². The molecule has 1 fully saturated rings. The maximum atomic E-state index is 10.7. The molecule has 1 saturated carbocycles. The van der Waals surface area contributed by atoms with Crippen LogP contribution >= 0.6 is 0 Å². The standard InChI is InChI=1S/C11H14N2O/c12-11(14)7-8-2-1-3-10(6-8)13-9-4-5-9/h1-3,6,9,13H,4-5,7H2,(H2,12,14). The molecule has 0 atom stereocenters. The van der Waals surface area contributed by atoms with Gasteiger partial charge in [-0.2, -0.15) is 0 Å². The number of hydrogen-bond acceptors (Lipinski definition) is 2. The van der Waals surface area contributed by atoms with Gasteiger partial charge in [0.15, 0.2) is 0 Å². The molecule has 0 spiro atoms. The second-order valence-corrected chi connectivity index (χ2v) is 3.76. The molecule has 0 saturated heterocycles. The lowest BCUT2D eigenvalue weighted by molar-refractivity contribution is -0.117. The Hall–Kier alpha value is -1.51. The number of nitrogens with one attached hydrogen (secondary N) is 1. The molecular weight excluding hydrogens is 176 g/mol. The SMILES string of the molecule is NC(=O)Cc1cccc(NC2CC2)c1. The van der Waals surface area contributed by atoms with Crippen molar-refractivity contribution in [2.75, 3.05) is 5.32 Å². The lowest BCUT2D eigenvalue weighted by Gasteiger charge is -2.05. The van der Waals surface area contributed by atoms with Gasteiger partial charge >= 0.3 is 0 Å². The highest BCUT2D eigenvalue weighted by Crippen LogP contribution is 2.24. The Balaban J connectivity index is 2.05. The zero-order chi connectivity index (χ0) is 9.97. The Morgan fingerprint density at radius 1 is 1.50 bits per heavy atom. The predicted molar refractivity (Wildman–Crippen MR) is 56.0 cm³/mol. The van der Waals surface area contributed by atoms with E-state index < -0.39 is 0 Å². The molecule has 74 valence electrons. The molecule has 3 nitrogen and oxygen atoms in total. The van der Waals surface area contributed by atoms with Crippen LogP contribution < -0.4 is 11.1 Å². The van der Waals surface area contributed by atoms with Gasteiger partial charge in [-0.15, -0.1) is 0 Å². The van der Waals surface area contributed by atoms with Crippen molar-refractivity contribution in [1.29, 1.82) is 0 Å². The minimum absolute atomic E-state index is 0.284. The third-order valence-electron chi connectivity index (χ3n) is 2.25. The second-order valence-electron chi connectivity index (χ2n) is 3.76. The van der Waals surface area contributed by atoms with Crippen LogP contribution in [0.2, 0.25) is 0 Å². The number of hydrogen-bond donors (Lipinski definition) is 2. The van der Waals surface area contributed by atoms with Crippen LogP contribution in [0, 0.1) is 0 Å². The number of carbonyl (C=O) groups is 1. The summed E-state index contributed by atoms with van der Waals surface area (Å²) < 4.78 is 0. The fraction of sp³-hybridized carbons (Fsp3) is 0.364. The zero-order valence-electron chi connectivity index (χ0n) is 7.99. The van der Waals surface area contributed by atoms with Crippen molar-refractivity contribution >= 4 is 11.6 Å². The number of benzene rings is 1.